The maximum atomic E-state index is 12.0. The highest BCUT2D eigenvalue weighted by atomic mass is 35.5. The molecular weight excluding hydrogens is 338 g/mol. The van der Waals surface area contributed by atoms with Crippen LogP contribution in [0.5, 0.6) is 0 Å². The molecule has 1 aliphatic heterocycles. The molecule has 1 fully saturated rings. The van der Waals surface area contributed by atoms with Gasteiger partial charge in [0.15, 0.2) is 0 Å². The molecule has 1 saturated heterocycles. The van der Waals surface area contributed by atoms with E-state index in [4.69, 9.17) is 16.3 Å². The lowest BCUT2D eigenvalue weighted by molar-refractivity contribution is 0.0955. The van der Waals surface area contributed by atoms with Crippen molar-refractivity contribution in [3.63, 3.8) is 0 Å². The van der Waals surface area contributed by atoms with Crippen LogP contribution in [0.15, 0.2) is 47.6 Å². The van der Waals surface area contributed by atoms with Crippen LogP contribution in [0.1, 0.15) is 21.5 Å². The fraction of sp³-hybridized carbons (Fsp3) is 0.263. The van der Waals surface area contributed by atoms with Gasteiger partial charge in [0.25, 0.3) is 5.91 Å². The van der Waals surface area contributed by atoms with E-state index in [0.717, 1.165) is 31.9 Å². The predicted octanol–water partition coefficient (Wildman–Crippen LogP) is 3.25. The van der Waals surface area contributed by atoms with Crippen LogP contribution < -0.4 is 10.3 Å². The van der Waals surface area contributed by atoms with Crippen molar-refractivity contribution >= 4 is 29.4 Å². The molecule has 1 amide bonds. The van der Waals surface area contributed by atoms with Crippen LogP contribution in [0.3, 0.4) is 0 Å². The maximum Gasteiger partial charge on any atom is 0.271 e. The summed E-state index contributed by atoms with van der Waals surface area (Å²) in [7, 11) is 0. The summed E-state index contributed by atoms with van der Waals surface area (Å²) in [6.07, 6.45) is 1.64. The molecule has 1 aliphatic rings. The summed E-state index contributed by atoms with van der Waals surface area (Å²) >= 11 is 5.81. The highest BCUT2D eigenvalue weighted by Crippen LogP contribution is 2.21. The average Bonchev–Trinajstić information content (AvgIpc) is 2.63. The van der Waals surface area contributed by atoms with Crippen LogP contribution in [-0.4, -0.2) is 38.4 Å². The number of hydrogen-bond donors (Lipinski definition) is 1. The average molecular weight is 358 g/mol. The molecule has 1 heterocycles. The van der Waals surface area contributed by atoms with Gasteiger partial charge in [-0.3, -0.25) is 4.79 Å². The van der Waals surface area contributed by atoms with Crippen molar-refractivity contribution in [3.8, 4) is 0 Å². The Kier molecular flexibility index (Phi) is 5.68. The fourth-order valence-corrected chi connectivity index (χ4v) is 2.88. The third-order valence-corrected chi connectivity index (χ3v) is 4.31. The van der Waals surface area contributed by atoms with Gasteiger partial charge in [-0.05, 0) is 54.4 Å². The molecule has 0 aliphatic carbocycles. The van der Waals surface area contributed by atoms with Gasteiger partial charge < -0.3 is 9.64 Å². The molecule has 5 nitrogen and oxygen atoms in total. The Bertz CT molecular complexity index is 769. The summed E-state index contributed by atoms with van der Waals surface area (Å²) in [6, 6.07) is 12.8. The van der Waals surface area contributed by atoms with Crippen molar-refractivity contribution in [1.82, 2.24) is 5.43 Å². The number of nitrogens with zero attached hydrogens (tertiary/aromatic N) is 2. The Morgan fingerprint density at radius 1 is 1.20 bits per heavy atom. The van der Waals surface area contributed by atoms with Crippen molar-refractivity contribution in [2.24, 2.45) is 5.10 Å². The molecular formula is C19H20ClN3O2. The summed E-state index contributed by atoms with van der Waals surface area (Å²) in [6.45, 7) is 5.42. The normalized spacial score (nSPS) is 14.7. The van der Waals surface area contributed by atoms with Gasteiger partial charge in [-0.2, -0.15) is 5.10 Å². The molecule has 0 aromatic heterocycles. The molecule has 1 N–H and O–H groups in total. The topological polar surface area (TPSA) is 53.9 Å². The van der Waals surface area contributed by atoms with E-state index in [-0.39, 0.29) is 5.91 Å². The first-order valence-electron chi connectivity index (χ1n) is 8.16. The van der Waals surface area contributed by atoms with Crippen molar-refractivity contribution < 1.29 is 9.53 Å². The Morgan fingerprint density at radius 3 is 2.60 bits per heavy atom. The summed E-state index contributed by atoms with van der Waals surface area (Å²) in [5.74, 6) is -0.269. The molecule has 0 unspecified atom stereocenters. The minimum absolute atomic E-state index is 0.269. The minimum atomic E-state index is -0.269. The quantitative estimate of drug-likeness (QED) is 0.675. The third-order valence-electron chi connectivity index (χ3n) is 4.06. The summed E-state index contributed by atoms with van der Waals surface area (Å²) in [4.78, 5) is 14.3. The second-order valence-corrected chi connectivity index (χ2v) is 6.29. The first-order valence-corrected chi connectivity index (χ1v) is 8.53. The maximum absolute atomic E-state index is 12.0. The van der Waals surface area contributed by atoms with Gasteiger partial charge >= 0.3 is 0 Å². The van der Waals surface area contributed by atoms with Gasteiger partial charge in [0.05, 0.1) is 19.4 Å². The first kappa shape index (κ1) is 17.5. The molecule has 2 aromatic carbocycles. The van der Waals surface area contributed by atoms with E-state index in [1.807, 2.05) is 6.07 Å². The van der Waals surface area contributed by atoms with E-state index in [2.05, 4.69) is 34.5 Å². The van der Waals surface area contributed by atoms with Gasteiger partial charge in [-0.15, -0.1) is 0 Å². The monoisotopic (exact) mass is 357 g/mol. The zero-order chi connectivity index (χ0) is 17.6. The second-order valence-electron chi connectivity index (χ2n) is 5.85. The molecule has 3 rings (SSSR count). The van der Waals surface area contributed by atoms with Crippen LogP contribution >= 0.6 is 11.6 Å². The number of ether oxygens (including phenoxy) is 1. The Hall–Kier alpha value is -2.37. The fourth-order valence-electron chi connectivity index (χ4n) is 2.75. The summed E-state index contributed by atoms with van der Waals surface area (Å²) < 4.78 is 5.39. The van der Waals surface area contributed by atoms with Crippen molar-refractivity contribution in [1.29, 1.82) is 0 Å². The third kappa shape index (κ3) is 4.59. The summed E-state index contributed by atoms with van der Waals surface area (Å²) in [5, 5.41) is 4.63. The number of hydrazone groups is 1. The Labute approximate surface area is 152 Å². The number of anilines is 1. The van der Waals surface area contributed by atoms with Crippen molar-refractivity contribution in [2.45, 2.75) is 6.92 Å². The number of morpholine rings is 1. The molecule has 0 saturated carbocycles. The second kappa shape index (κ2) is 8.14. The zero-order valence-corrected chi connectivity index (χ0v) is 14.8. The highest BCUT2D eigenvalue weighted by molar-refractivity contribution is 6.30. The number of nitrogens with one attached hydrogen (secondary N) is 1. The number of carbonyl (C=O) groups excluding carboxylic acids is 1. The Morgan fingerprint density at radius 2 is 1.92 bits per heavy atom. The lowest BCUT2D eigenvalue weighted by atomic mass is 10.1. The molecule has 0 radical (unpaired) electrons. The number of amides is 1. The van der Waals surface area contributed by atoms with Crippen LogP contribution in [0.4, 0.5) is 5.69 Å². The zero-order valence-electron chi connectivity index (χ0n) is 14.0. The lowest BCUT2D eigenvalue weighted by Gasteiger charge is -2.30. The molecule has 0 spiro atoms. The standard InChI is InChI=1S/C19H20ClN3O2/c1-14-12-15(2-7-18(14)23-8-10-25-11-9-23)13-21-22-19(24)16-3-5-17(20)6-4-16/h2-7,12-13H,8-11H2,1H3,(H,22,24)/b21-13-. The van der Waals surface area contributed by atoms with Crippen molar-refractivity contribution in [2.75, 3.05) is 31.2 Å². The molecule has 0 bridgehead atoms. The molecule has 130 valence electrons. The van der Waals surface area contributed by atoms with Gasteiger partial charge in [0, 0.05) is 29.4 Å². The predicted molar refractivity (Wildman–Crippen MR) is 101 cm³/mol. The van der Waals surface area contributed by atoms with E-state index in [0.29, 0.717) is 10.6 Å². The number of benzene rings is 2. The highest BCUT2D eigenvalue weighted by Gasteiger charge is 2.13. The van der Waals surface area contributed by atoms with E-state index < -0.39 is 0 Å². The number of rotatable bonds is 4. The largest absolute Gasteiger partial charge is 0.378 e. The van der Waals surface area contributed by atoms with E-state index in [1.165, 1.54) is 11.3 Å². The molecule has 25 heavy (non-hydrogen) atoms. The number of hydrogen-bond acceptors (Lipinski definition) is 4. The summed E-state index contributed by atoms with van der Waals surface area (Å²) in [5.41, 5.74) is 6.36. The van der Waals surface area contributed by atoms with E-state index in [9.17, 15) is 4.79 Å². The lowest BCUT2D eigenvalue weighted by Crippen LogP contribution is -2.36. The van der Waals surface area contributed by atoms with Gasteiger partial charge in [0.1, 0.15) is 0 Å². The SMILES string of the molecule is Cc1cc(/C=N\NC(=O)c2ccc(Cl)cc2)ccc1N1CCOCC1. The van der Waals surface area contributed by atoms with Crippen LogP contribution in [0.2, 0.25) is 5.02 Å². The van der Waals surface area contributed by atoms with E-state index in [1.54, 1.807) is 30.5 Å². The smallest absolute Gasteiger partial charge is 0.271 e. The number of carbonyl (C=O) groups is 1. The molecule has 2 aromatic rings. The van der Waals surface area contributed by atoms with Crippen LogP contribution in [-0.2, 0) is 4.74 Å². The first-order chi connectivity index (χ1) is 12.1. The van der Waals surface area contributed by atoms with Crippen LogP contribution in [0, 0.1) is 6.92 Å². The number of halogens is 1. The molecule has 0 atom stereocenters. The minimum Gasteiger partial charge on any atom is -0.378 e. The number of aryl methyl sites for hydroxylation is 1. The van der Waals surface area contributed by atoms with Gasteiger partial charge in [-0.25, -0.2) is 5.43 Å². The molecule has 6 heteroatoms. The van der Waals surface area contributed by atoms with Crippen LogP contribution in [0.25, 0.3) is 0 Å². The Balaban J connectivity index is 1.62. The van der Waals surface area contributed by atoms with E-state index >= 15 is 0 Å². The van der Waals surface area contributed by atoms with Gasteiger partial charge in [0.2, 0.25) is 0 Å². The van der Waals surface area contributed by atoms with Gasteiger partial charge in [-0.1, -0.05) is 17.7 Å². The van der Waals surface area contributed by atoms with Crippen molar-refractivity contribution in [3.05, 3.63) is 64.2 Å².